The van der Waals surface area contributed by atoms with Crippen LogP contribution in [0.2, 0.25) is 0 Å². The first kappa shape index (κ1) is 21.2. The average Bonchev–Trinajstić information content (AvgIpc) is 3.40. The van der Waals surface area contributed by atoms with Crippen molar-refractivity contribution in [3.8, 4) is 0 Å². The SMILES string of the molecule is C[C@@H](C(=O)N1CC[C@H](c2nc3c(c(=O)[nH]2)CCN(C(=O)C2CCC2)C3)C1)N1CCCC1=O. The van der Waals surface area contributed by atoms with Crippen LogP contribution in [0.15, 0.2) is 4.79 Å². The second-order valence-electron chi connectivity index (χ2n) is 9.65. The number of aromatic amines is 1. The molecule has 1 saturated carbocycles. The van der Waals surface area contributed by atoms with E-state index in [1.807, 2.05) is 4.90 Å². The second-order valence-corrected chi connectivity index (χ2v) is 9.65. The Hall–Kier alpha value is -2.71. The Balaban J connectivity index is 1.28. The number of nitrogens with zero attached hydrogens (tertiary/aromatic N) is 4. The third-order valence-corrected chi connectivity index (χ3v) is 7.68. The predicted octanol–water partition coefficient (Wildman–Crippen LogP) is 0.782. The van der Waals surface area contributed by atoms with Crippen LogP contribution in [0.25, 0.3) is 0 Å². The van der Waals surface area contributed by atoms with E-state index in [0.29, 0.717) is 62.6 Å². The lowest BCUT2D eigenvalue weighted by Gasteiger charge is -2.34. The van der Waals surface area contributed by atoms with Gasteiger partial charge in [0.1, 0.15) is 11.9 Å². The molecule has 3 amide bonds. The van der Waals surface area contributed by atoms with E-state index in [0.717, 1.165) is 32.1 Å². The van der Waals surface area contributed by atoms with Crippen LogP contribution >= 0.6 is 0 Å². The Labute approximate surface area is 187 Å². The molecule has 4 heterocycles. The summed E-state index contributed by atoms with van der Waals surface area (Å²) < 4.78 is 0. The van der Waals surface area contributed by atoms with Gasteiger partial charge in [0, 0.05) is 50.0 Å². The summed E-state index contributed by atoms with van der Waals surface area (Å²) in [7, 11) is 0. The minimum absolute atomic E-state index is 0.0414. The number of H-pyrrole nitrogens is 1. The zero-order valence-electron chi connectivity index (χ0n) is 18.6. The first-order valence-electron chi connectivity index (χ1n) is 11.9. The van der Waals surface area contributed by atoms with Crippen LogP contribution in [0.4, 0.5) is 0 Å². The van der Waals surface area contributed by atoms with Crippen LogP contribution in [0, 0.1) is 5.92 Å². The molecule has 0 spiro atoms. The van der Waals surface area contributed by atoms with Crippen molar-refractivity contribution in [3.05, 3.63) is 27.4 Å². The molecule has 9 heteroatoms. The third-order valence-electron chi connectivity index (χ3n) is 7.68. The highest BCUT2D eigenvalue weighted by Gasteiger charge is 2.37. The summed E-state index contributed by atoms with van der Waals surface area (Å²) in [6.07, 6.45) is 5.62. The van der Waals surface area contributed by atoms with Gasteiger partial charge in [0.05, 0.1) is 12.2 Å². The number of fused-ring (bicyclic) bond motifs is 1. The fourth-order valence-corrected chi connectivity index (χ4v) is 5.41. The van der Waals surface area contributed by atoms with Gasteiger partial charge in [0.15, 0.2) is 0 Å². The molecule has 1 aromatic rings. The summed E-state index contributed by atoms with van der Waals surface area (Å²) in [5, 5.41) is 0. The van der Waals surface area contributed by atoms with Crippen molar-refractivity contribution in [1.82, 2.24) is 24.7 Å². The van der Waals surface area contributed by atoms with Crippen LogP contribution in [0.1, 0.15) is 68.4 Å². The number of carbonyl (C=O) groups is 3. The minimum atomic E-state index is -0.453. The number of hydrogen-bond donors (Lipinski definition) is 1. The molecular formula is C23H31N5O4. The molecule has 2 atom stereocenters. The van der Waals surface area contributed by atoms with Gasteiger partial charge in [-0.05, 0) is 39.0 Å². The van der Waals surface area contributed by atoms with Gasteiger partial charge in [-0.3, -0.25) is 19.2 Å². The highest BCUT2D eigenvalue weighted by atomic mass is 16.2. The average molecular weight is 442 g/mol. The Kier molecular flexibility index (Phi) is 5.51. The maximum absolute atomic E-state index is 13.0. The van der Waals surface area contributed by atoms with Crippen molar-refractivity contribution < 1.29 is 14.4 Å². The van der Waals surface area contributed by atoms with E-state index in [2.05, 4.69) is 4.98 Å². The first-order valence-corrected chi connectivity index (χ1v) is 11.9. The van der Waals surface area contributed by atoms with Crippen LogP contribution in [0.3, 0.4) is 0 Å². The van der Waals surface area contributed by atoms with Gasteiger partial charge < -0.3 is 19.7 Å². The fraction of sp³-hybridized carbons (Fsp3) is 0.696. The Morgan fingerprint density at radius 3 is 2.53 bits per heavy atom. The summed E-state index contributed by atoms with van der Waals surface area (Å²) in [4.78, 5) is 63.4. The van der Waals surface area contributed by atoms with Gasteiger partial charge in [-0.25, -0.2) is 4.98 Å². The quantitative estimate of drug-likeness (QED) is 0.743. The number of hydrogen-bond acceptors (Lipinski definition) is 5. The Morgan fingerprint density at radius 1 is 1.03 bits per heavy atom. The lowest BCUT2D eigenvalue weighted by atomic mass is 9.84. The van der Waals surface area contributed by atoms with Gasteiger partial charge >= 0.3 is 0 Å². The van der Waals surface area contributed by atoms with E-state index in [4.69, 9.17) is 4.98 Å². The molecule has 5 rings (SSSR count). The molecule has 3 fully saturated rings. The zero-order valence-corrected chi connectivity index (χ0v) is 18.6. The molecular weight excluding hydrogens is 410 g/mol. The molecule has 0 radical (unpaired) electrons. The molecule has 9 nitrogen and oxygen atoms in total. The highest BCUT2D eigenvalue weighted by molar-refractivity contribution is 5.88. The molecule has 4 aliphatic rings. The Morgan fingerprint density at radius 2 is 1.84 bits per heavy atom. The first-order chi connectivity index (χ1) is 15.4. The van der Waals surface area contributed by atoms with Gasteiger partial charge in [0.2, 0.25) is 17.7 Å². The molecule has 1 N–H and O–H groups in total. The topological polar surface area (TPSA) is 107 Å². The van der Waals surface area contributed by atoms with Gasteiger partial charge in [0.25, 0.3) is 5.56 Å². The third kappa shape index (κ3) is 3.71. The number of rotatable bonds is 4. The smallest absolute Gasteiger partial charge is 0.254 e. The molecule has 0 bridgehead atoms. The van der Waals surface area contributed by atoms with Crippen molar-refractivity contribution in [2.24, 2.45) is 5.92 Å². The van der Waals surface area contributed by atoms with E-state index >= 15 is 0 Å². The van der Waals surface area contributed by atoms with E-state index in [9.17, 15) is 19.2 Å². The van der Waals surface area contributed by atoms with E-state index in [-0.39, 0.29) is 35.1 Å². The van der Waals surface area contributed by atoms with Crippen molar-refractivity contribution >= 4 is 17.7 Å². The van der Waals surface area contributed by atoms with E-state index in [1.165, 1.54) is 0 Å². The number of likely N-dealkylation sites (tertiary alicyclic amines) is 2. The van der Waals surface area contributed by atoms with Crippen LogP contribution < -0.4 is 5.56 Å². The van der Waals surface area contributed by atoms with Gasteiger partial charge in [-0.2, -0.15) is 0 Å². The number of aromatic nitrogens is 2. The molecule has 1 aliphatic carbocycles. The lowest BCUT2D eigenvalue weighted by molar-refractivity contribution is -0.142. The maximum Gasteiger partial charge on any atom is 0.254 e. The number of amides is 3. The molecule has 32 heavy (non-hydrogen) atoms. The molecule has 2 saturated heterocycles. The van der Waals surface area contributed by atoms with Crippen LogP contribution in [-0.2, 0) is 27.3 Å². The molecule has 172 valence electrons. The number of carbonyl (C=O) groups excluding carboxylic acids is 3. The minimum Gasteiger partial charge on any atom is -0.340 e. The van der Waals surface area contributed by atoms with Crippen LogP contribution in [0.5, 0.6) is 0 Å². The van der Waals surface area contributed by atoms with E-state index in [1.54, 1.807) is 16.7 Å². The lowest BCUT2D eigenvalue weighted by Crippen LogP contribution is -2.47. The zero-order chi connectivity index (χ0) is 22.4. The predicted molar refractivity (Wildman–Crippen MR) is 116 cm³/mol. The number of nitrogens with one attached hydrogen (secondary N) is 1. The van der Waals surface area contributed by atoms with Gasteiger partial charge in [-0.15, -0.1) is 0 Å². The van der Waals surface area contributed by atoms with Crippen molar-refractivity contribution in [2.75, 3.05) is 26.2 Å². The maximum atomic E-state index is 13.0. The van der Waals surface area contributed by atoms with Crippen molar-refractivity contribution in [2.45, 2.75) is 70.4 Å². The Bertz CT molecular complexity index is 1000. The summed E-state index contributed by atoms with van der Waals surface area (Å²) in [5.41, 5.74) is 1.25. The fourth-order valence-electron chi connectivity index (χ4n) is 5.41. The second kappa shape index (κ2) is 8.33. The van der Waals surface area contributed by atoms with Gasteiger partial charge in [-0.1, -0.05) is 6.42 Å². The summed E-state index contributed by atoms with van der Waals surface area (Å²) in [6.45, 7) is 4.47. The van der Waals surface area contributed by atoms with Crippen molar-refractivity contribution in [3.63, 3.8) is 0 Å². The van der Waals surface area contributed by atoms with Crippen LogP contribution in [-0.4, -0.2) is 74.6 Å². The standard InChI is InChI=1S/C23H31N5O4/c1-14(28-9-3-6-19(28)29)22(31)26-10-7-16(12-26)20-24-18-13-27(23(32)15-4-2-5-15)11-8-17(18)21(30)25-20/h14-16H,2-13H2,1H3,(H,24,25,30)/t14-,16-/m0/s1. The molecule has 1 aromatic heterocycles. The largest absolute Gasteiger partial charge is 0.340 e. The normalized spacial score (nSPS) is 24.5. The monoisotopic (exact) mass is 441 g/mol. The van der Waals surface area contributed by atoms with Crippen molar-refractivity contribution in [1.29, 1.82) is 0 Å². The summed E-state index contributed by atoms with van der Waals surface area (Å²) >= 11 is 0. The summed E-state index contributed by atoms with van der Waals surface area (Å²) in [6, 6.07) is -0.453. The molecule has 0 unspecified atom stereocenters. The highest BCUT2D eigenvalue weighted by Crippen LogP contribution is 2.31. The molecule has 3 aliphatic heterocycles. The summed E-state index contributed by atoms with van der Waals surface area (Å²) in [5.74, 6) is 0.886. The molecule has 0 aromatic carbocycles. The van der Waals surface area contributed by atoms with E-state index < -0.39 is 6.04 Å².